The molecule has 0 heterocycles. The van der Waals surface area contributed by atoms with Gasteiger partial charge < -0.3 is 9.79 Å². The van der Waals surface area contributed by atoms with Crippen molar-refractivity contribution in [2.45, 2.75) is 84.2 Å². The van der Waals surface area contributed by atoms with Crippen molar-refractivity contribution in [1.82, 2.24) is 0 Å². The minimum atomic E-state index is -4.33. The maximum absolute atomic E-state index is 10.9. The SMILES string of the molecule is CCCCCCCC(CCCCC)OP(=O)(O)O. The monoisotopic (exact) mass is 280 g/mol. The van der Waals surface area contributed by atoms with E-state index >= 15 is 0 Å². The fourth-order valence-corrected chi connectivity index (χ4v) is 2.64. The van der Waals surface area contributed by atoms with Crippen LogP contribution in [-0.2, 0) is 9.09 Å². The van der Waals surface area contributed by atoms with Gasteiger partial charge in [0, 0.05) is 0 Å². The molecule has 4 nitrogen and oxygen atoms in total. The zero-order valence-electron chi connectivity index (χ0n) is 11.8. The quantitative estimate of drug-likeness (QED) is 0.410. The van der Waals surface area contributed by atoms with Gasteiger partial charge in [-0.3, -0.25) is 4.52 Å². The zero-order chi connectivity index (χ0) is 13.9. The average molecular weight is 280 g/mol. The van der Waals surface area contributed by atoms with E-state index in [-0.39, 0.29) is 6.10 Å². The molecule has 0 aliphatic heterocycles. The van der Waals surface area contributed by atoms with E-state index in [1.807, 2.05) is 0 Å². The van der Waals surface area contributed by atoms with Gasteiger partial charge in [0.25, 0.3) is 0 Å². The van der Waals surface area contributed by atoms with Gasteiger partial charge in [-0.2, -0.15) is 0 Å². The van der Waals surface area contributed by atoms with Crippen molar-refractivity contribution in [1.29, 1.82) is 0 Å². The lowest BCUT2D eigenvalue weighted by Gasteiger charge is -2.18. The first-order valence-electron chi connectivity index (χ1n) is 7.23. The molecule has 5 heteroatoms. The average Bonchev–Trinajstić information content (AvgIpc) is 2.27. The van der Waals surface area contributed by atoms with Gasteiger partial charge in [-0.25, -0.2) is 4.57 Å². The number of unbranched alkanes of at least 4 members (excludes halogenated alkanes) is 6. The van der Waals surface area contributed by atoms with Crippen molar-refractivity contribution < 1.29 is 18.9 Å². The van der Waals surface area contributed by atoms with Crippen LogP contribution in [-0.4, -0.2) is 15.9 Å². The van der Waals surface area contributed by atoms with Crippen LogP contribution in [0.4, 0.5) is 0 Å². The predicted molar refractivity (Wildman–Crippen MR) is 74.4 cm³/mol. The first-order valence-corrected chi connectivity index (χ1v) is 8.76. The molecule has 2 N–H and O–H groups in total. The van der Waals surface area contributed by atoms with Crippen molar-refractivity contribution in [3.05, 3.63) is 0 Å². The van der Waals surface area contributed by atoms with Crippen LogP contribution >= 0.6 is 7.82 Å². The number of phosphoric ester groups is 1. The second kappa shape index (κ2) is 11.0. The number of rotatable bonds is 12. The van der Waals surface area contributed by atoms with Gasteiger partial charge in [-0.05, 0) is 12.8 Å². The van der Waals surface area contributed by atoms with Crippen molar-refractivity contribution in [3.8, 4) is 0 Å². The van der Waals surface area contributed by atoms with E-state index in [4.69, 9.17) is 14.3 Å². The van der Waals surface area contributed by atoms with Crippen molar-refractivity contribution >= 4 is 7.82 Å². The fraction of sp³-hybridized carbons (Fsp3) is 1.00. The Bertz CT molecular complexity index is 227. The Balaban J connectivity index is 3.85. The highest BCUT2D eigenvalue weighted by atomic mass is 31.2. The van der Waals surface area contributed by atoms with Crippen LogP contribution in [0.2, 0.25) is 0 Å². The highest BCUT2D eigenvalue weighted by Gasteiger charge is 2.21. The summed E-state index contributed by atoms with van der Waals surface area (Å²) in [6, 6.07) is 0. The van der Waals surface area contributed by atoms with E-state index in [2.05, 4.69) is 13.8 Å². The van der Waals surface area contributed by atoms with E-state index in [0.29, 0.717) is 0 Å². The molecular formula is C13H29O4P. The van der Waals surface area contributed by atoms with Crippen molar-refractivity contribution in [2.75, 3.05) is 0 Å². The van der Waals surface area contributed by atoms with Crippen molar-refractivity contribution in [3.63, 3.8) is 0 Å². The Morgan fingerprint density at radius 3 is 1.83 bits per heavy atom. The fourth-order valence-electron chi connectivity index (χ4n) is 2.04. The van der Waals surface area contributed by atoms with E-state index in [1.54, 1.807) is 0 Å². The molecule has 18 heavy (non-hydrogen) atoms. The zero-order valence-corrected chi connectivity index (χ0v) is 12.7. The molecule has 0 aromatic heterocycles. The van der Waals surface area contributed by atoms with Crippen LogP contribution in [0.25, 0.3) is 0 Å². The maximum Gasteiger partial charge on any atom is 0.469 e. The third-order valence-electron chi connectivity index (χ3n) is 3.05. The Morgan fingerprint density at radius 2 is 1.33 bits per heavy atom. The summed E-state index contributed by atoms with van der Waals surface area (Å²) in [4.78, 5) is 17.7. The van der Waals surface area contributed by atoms with Crippen LogP contribution in [0.15, 0.2) is 0 Å². The Hall–Kier alpha value is 0.110. The summed E-state index contributed by atoms with van der Waals surface area (Å²) in [7, 11) is -4.33. The van der Waals surface area contributed by atoms with E-state index < -0.39 is 7.82 Å². The Morgan fingerprint density at radius 1 is 0.889 bits per heavy atom. The summed E-state index contributed by atoms with van der Waals surface area (Å²) < 4.78 is 15.7. The molecule has 0 aliphatic rings. The minimum Gasteiger partial charge on any atom is -0.303 e. The van der Waals surface area contributed by atoms with Crippen molar-refractivity contribution in [2.24, 2.45) is 0 Å². The lowest BCUT2D eigenvalue weighted by molar-refractivity contribution is 0.115. The highest BCUT2D eigenvalue weighted by Crippen LogP contribution is 2.39. The molecule has 0 saturated carbocycles. The lowest BCUT2D eigenvalue weighted by atomic mass is 10.0. The van der Waals surface area contributed by atoms with Gasteiger partial charge in [-0.1, -0.05) is 65.2 Å². The largest absolute Gasteiger partial charge is 0.469 e. The number of hydrogen-bond donors (Lipinski definition) is 2. The molecule has 0 rings (SSSR count). The topological polar surface area (TPSA) is 66.8 Å². The molecule has 1 atom stereocenters. The highest BCUT2D eigenvalue weighted by molar-refractivity contribution is 7.46. The minimum absolute atomic E-state index is 0.279. The van der Waals surface area contributed by atoms with E-state index in [1.165, 1.54) is 19.3 Å². The molecular weight excluding hydrogens is 251 g/mol. The summed E-state index contributed by atoms with van der Waals surface area (Å²) in [5, 5.41) is 0. The van der Waals surface area contributed by atoms with Gasteiger partial charge in [0.2, 0.25) is 0 Å². The van der Waals surface area contributed by atoms with Crippen LogP contribution < -0.4 is 0 Å². The molecule has 0 fully saturated rings. The smallest absolute Gasteiger partial charge is 0.303 e. The predicted octanol–water partition coefficient (Wildman–Crippen LogP) is 4.41. The Kier molecular flexibility index (Phi) is 11.0. The van der Waals surface area contributed by atoms with E-state index in [0.717, 1.165) is 44.9 Å². The van der Waals surface area contributed by atoms with Gasteiger partial charge in [-0.15, -0.1) is 0 Å². The molecule has 0 spiro atoms. The first-order chi connectivity index (χ1) is 8.49. The van der Waals surface area contributed by atoms with Gasteiger partial charge in [0.1, 0.15) is 0 Å². The number of phosphoric acid groups is 1. The summed E-state index contributed by atoms with van der Waals surface area (Å²) in [5.74, 6) is 0. The number of hydrogen-bond acceptors (Lipinski definition) is 2. The van der Waals surface area contributed by atoms with Crippen LogP contribution in [0.5, 0.6) is 0 Å². The summed E-state index contributed by atoms with van der Waals surface area (Å²) in [5.41, 5.74) is 0. The van der Waals surface area contributed by atoms with Crippen LogP contribution in [0, 0.1) is 0 Å². The Labute approximate surface area is 111 Å². The molecule has 0 aromatic rings. The van der Waals surface area contributed by atoms with E-state index in [9.17, 15) is 4.57 Å². The second-order valence-corrected chi connectivity index (χ2v) is 6.11. The summed E-state index contributed by atoms with van der Waals surface area (Å²) in [6.07, 6.45) is 10.2. The van der Waals surface area contributed by atoms with Crippen LogP contribution in [0.3, 0.4) is 0 Å². The molecule has 0 aliphatic carbocycles. The van der Waals surface area contributed by atoms with Gasteiger partial charge in [0.15, 0.2) is 0 Å². The lowest BCUT2D eigenvalue weighted by Crippen LogP contribution is -2.11. The molecule has 0 aromatic carbocycles. The van der Waals surface area contributed by atoms with Gasteiger partial charge >= 0.3 is 7.82 Å². The molecule has 0 amide bonds. The third kappa shape index (κ3) is 12.6. The molecule has 0 saturated heterocycles. The maximum atomic E-state index is 10.9. The molecule has 0 bridgehead atoms. The molecule has 1 unspecified atom stereocenters. The summed E-state index contributed by atoms with van der Waals surface area (Å²) in [6.45, 7) is 4.29. The van der Waals surface area contributed by atoms with Gasteiger partial charge in [0.05, 0.1) is 6.10 Å². The first kappa shape index (κ1) is 18.1. The summed E-state index contributed by atoms with van der Waals surface area (Å²) >= 11 is 0. The standard InChI is InChI=1S/C13H29O4P/c1-3-5-7-8-10-12-13(11-9-6-4-2)17-18(14,15)16/h13H,3-12H2,1-2H3,(H2,14,15,16). The molecule has 0 radical (unpaired) electrons. The normalized spacial score (nSPS) is 13.8. The second-order valence-electron chi connectivity index (χ2n) is 4.92. The third-order valence-corrected chi connectivity index (χ3v) is 3.62. The van der Waals surface area contributed by atoms with Crippen LogP contribution in [0.1, 0.15) is 78.1 Å². The molecule has 110 valence electrons.